The van der Waals surface area contributed by atoms with Gasteiger partial charge in [0.25, 0.3) is 0 Å². The second kappa shape index (κ2) is 8.67. The highest BCUT2D eigenvalue weighted by molar-refractivity contribution is 7.09. The van der Waals surface area contributed by atoms with Gasteiger partial charge in [-0.05, 0) is 36.8 Å². The van der Waals surface area contributed by atoms with Gasteiger partial charge >= 0.3 is 11.8 Å². The lowest BCUT2D eigenvalue weighted by Crippen LogP contribution is -2.34. The molecule has 3 rings (SSSR count). The van der Waals surface area contributed by atoms with Crippen LogP contribution in [0.25, 0.3) is 11.3 Å². The third kappa shape index (κ3) is 4.95. The summed E-state index contributed by atoms with van der Waals surface area (Å²) in [6.45, 7) is 2.25. The summed E-state index contributed by atoms with van der Waals surface area (Å²) in [5.74, 6) is -1.36. The van der Waals surface area contributed by atoms with Crippen LogP contribution in [0.5, 0.6) is 0 Å². The van der Waals surface area contributed by atoms with E-state index in [1.807, 2.05) is 67.7 Å². The molecule has 144 valence electrons. The van der Waals surface area contributed by atoms with Gasteiger partial charge in [-0.3, -0.25) is 9.59 Å². The lowest BCUT2D eigenvalue weighted by Gasteiger charge is -2.13. The number of rotatable bonds is 5. The lowest BCUT2D eigenvalue weighted by atomic mass is 10.1. The van der Waals surface area contributed by atoms with E-state index in [9.17, 15) is 9.59 Å². The quantitative estimate of drug-likeness (QED) is 0.650. The van der Waals surface area contributed by atoms with E-state index in [2.05, 4.69) is 15.6 Å². The number of benzene rings is 2. The Balaban J connectivity index is 1.53. The lowest BCUT2D eigenvalue weighted by molar-refractivity contribution is -0.136. The van der Waals surface area contributed by atoms with Crippen LogP contribution in [0.3, 0.4) is 0 Å². The van der Waals surface area contributed by atoms with E-state index in [4.69, 9.17) is 0 Å². The fourth-order valence-corrected chi connectivity index (χ4v) is 3.20. The SMILES string of the molecule is Cc1nc(-c2ccc(NC(=O)C(=O)NCc3ccc(N(C)C)cc3)cc2)cs1. The molecule has 0 bridgehead atoms. The van der Waals surface area contributed by atoms with Gasteiger partial charge in [0.05, 0.1) is 10.7 Å². The molecule has 1 aromatic heterocycles. The van der Waals surface area contributed by atoms with Crippen LogP contribution >= 0.6 is 11.3 Å². The van der Waals surface area contributed by atoms with Crippen LogP contribution in [0.1, 0.15) is 10.6 Å². The Bertz CT molecular complexity index is 963. The maximum Gasteiger partial charge on any atom is 0.313 e. The van der Waals surface area contributed by atoms with E-state index in [1.54, 1.807) is 23.5 Å². The molecule has 2 N–H and O–H groups in total. The molecule has 2 aromatic carbocycles. The molecular formula is C21H22N4O2S. The molecule has 0 saturated carbocycles. The number of carbonyl (C=O) groups is 2. The van der Waals surface area contributed by atoms with Crippen LogP contribution in [-0.2, 0) is 16.1 Å². The van der Waals surface area contributed by atoms with Crippen LogP contribution in [0.4, 0.5) is 11.4 Å². The number of thiazole rings is 1. The van der Waals surface area contributed by atoms with Crippen molar-refractivity contribution in [1.29, 1.82) is 0 Å². The Labute approximate surface area is 168 Å². The standard InChI is InChI=1S/C21H22N4O2S/c1-14-23-19(13-28-14)16-6-8-17(9-7-16)24-21(27)20(26)22-12-15-4-10-18(11-5-15)25(2)3/h4-11,13H,12H2,1-3H3,(H,22,26)(H,24,27). The maximum atomic E-state index is 12.1. The van der Waals surface area contributed by atoms with Gasteiger partial charge in [-0.15, -0.1) is 11.3 Å². The molecule has 7 heteroatoms. The average molecular weight is 395 g/mol. The predicted molar refractivity (Wildman–Crippen MR) is 114 cm³/mol. The van der Waals surface area contributed by atoms with Crippen molar-refractivity contribution in [3.05, 3.63) is 64.5 Å². The number of hydrogen-bond donors (Lipinski definition) is 2. The Morgan fingerprint density at radius 2 is 1.68 bits per heavy atom. The molecule has 3 aromatic rings. The zero-order valence-corrected chi connectivity index (χ0v) is 16.8. The Morgan fingerprint density at radius 3 is 2.25 bits per heavy atom. The summed E-state index contributed by atoms with van der Waals surface area (Å²) in [6, 6.07) is 15.0. The third-order valence-corrected chi connectivity index (χ3v) is 4.94. The van der Waals surface area contributed by atoms with Crippen LogP contribution < -0.4 is 15.5 Å². The zero-order valence-electron chi connectivity index (χ0n) is 16.0. The molecule has 0 aliphatic carbocycles. The van der Waals surface area contributed by atoms with E-state index < -0.39 is 11.8 Å². The van der Waals surface area contributed by atoms with Crippen molar-refractivity contribution in [3.8, 4) is 11.3 Å². The molecule has 2 amide bonds. The van der Waals surface area contributed by atoms with Gasteiger partial charge in [-0.1, -0.05) is 24.3 Å². The number of aryl methyl sites for hydroxylation is 1. The molecule has 1 heterocycles. The van der Waals surface area contributed by atoms with Gasteiger partial charge in [-0.25, -0.2) is 4.98 Å². The number of anilines is 2. The van der Waals surface area contributed by atoms with Crippen molar-refractivity contribution >= 4 is 34.5 Å². The second-order valence-corrected chi connectivity index (χ2v) is 7.59. The summed E-state index contributed by atoms with van der Waals surface area (Å²) in [4.78, 5) is 30.6. The molecule has 0 saturated heterocycles. The number of carbonyl (C=O) groups excluding carboxylic acids is 2. The van der Waals surface area contributed by atoms with E-state index in [0.29, 0.717) is 12.2 Å². The summed E-state index contributed by atoms with van der Waals surface area (Å²) in [6.07, 6.45) is 0. The first kappa shape index (κ1) is 19.6. The van der Waals surface area contributed by atoms with Gasteiger partial charge in [0.1, 0.15) is 0 Å². The molecule has 0 radical (unpaired) electrons. The summed E-state index contributed by atoms with van der Waals surface area (Å²) >= 11 is 1.59. The van der Waals surface area contributed by atoms with Crippen LogP contribution in [0.2, 0.25) is 0 Å². The first-order valence-corrected chi connectivity index (χ1v) is 9.68. The molecule has 0 aliphatic rings. The van der Waals surface area contributed by atoms with Crippen LogP contribution in [0.15, 0.2) is 53.9 Å². The summed E-state index contributed by atoms with van der Waals surface area (Å²) in [5, 5.41) is 8.23. The van der Waals surface area contributed by atoms with Gasteiger partial charge in [0.15, 0.2) is 0 Å². The molecule has 0 atom stereocenters. The van der Waals surface area contributed by atoms with E-state index in [0.717, 1.165) is 27.5 Å². The summed E-state index contributed by atoms with van der Waals surface area (Å²) in [7, 11) is 3.93. The Kier molecular flexibility index (Phi) is 6.06. The molecule has 0 fully saturated rings. The number of amides is 2. The molecular weight excluding hydrogens is 372 g/mol. The minimum absolute atomic E-state index is 0.294. The molecule has 0 aliphatic heterocycles. The third-order valence-electron chi connectivity index (χ3n) is 4.17. The molecule has 6 nitrogen and oxygen atoms in total. The van der Waals surface area contributed by atoms with Crippen molar-refractivity contribution < 1.29 is 9.59 Å². The molecule has 0 spiro atoms. The van der Waals surface area contributed by atoms with Crippen molar-refractivity contribution in [2.45, 2.75) is 13.5 Å². The first-order chi connectivity index (χ1) is 13.4. The van der Waals surface area contributed by atoms with Crippen molar-refractivity contribution in [2.24, 2.45) is 0 Å². The van der Waals surface area contributed by atoms with E-state index >= 15 is 0 Å². The molecule has 0 unspecified atom stereocenters. The summed E-state index contributed by atoms with van der Waals surface area (Å²) < 4.78 is 0. The van der Waals surface area contributed by atoms with E-state index in [1.165, 1.54) is 0 Å². The fraction of sp³-hybridized carbons (Fsp3) is 0.190. The predicted octanol–water partition coefficient (Wildman–Crippen LogP) is 3.44. The van der Waals surface area contributed by atoms with Gasteiger partial charge in [0.2, 0.25) is 0 Å². The highest BCUT2D eigenvalue weighted by Gasteiger charge is 2.13. The van der Waals surface area contributed by atoms with Gasteiger partial charge < -0.3 is 15.5 Å². The highest BCUT2D eigenvalue weighted by atomic mass is 32.1. The van der Waals surface area contributed by atoms with Crippen LogP contribution in [-0.4, -0.2) is 30.9 Å². The Hall–Kier alpha value is -3.19. The topological polar surface area (TPSA) is 74.3 Å². The van der Waals surface area contributed by atoms with Crippen molar-refractivity contribution in [2.75, 3.05) is 24.3 Å². The minimum atomic E-state index is -0.692. The zero-order chi connectivity index (χ0) is 20.1. The highest BCUT2D eigenvalue weighted by Crippen LogP contribution is 2.23. The normalized spacial score (nSPS) is 10.4. The fourth-order valence-electron chi connectivity index (χ4n) is 2.58. The number of nitrogens with zero attached hydrogens (tertiary/aromatic N) is 2. The number of nitrogens with one attached hydrogen (secondary N) is 2. The maximum absolute atomic E-state index is 12.1. The van der Waals surface area contributed by atoms with Gasteiger partial charge in [-0.2, -0.15) is 0 Å². The van der Waals surface area contributed by atoms with Crippen LogP contribution in [0, 0.1) is 6.92 Å². The minimum Gasteiger partial charge on any atom is -0.378 e. The average Bonchev–Trinajstić information content (AvgIpc) is 3.13. The van der Waals surface area contributed by atoms with Crippen molar-refractivity contribution in [1.82, 2.24) is 10.3 Å². The smallest absolute Gasteiger partial charge is 0.313 e. The Morgan fingerprint density at radius 1 is 1.00 bits per heavy atom. The second-order valence-electron chi connectivity index (χ2n) is 6.53. The molecule has 28 heavy (non-hydrogen) atoms. The monoisotopic (exact) mass is 394 g/mol. The van der Waals surface area contributed by atoms with Crippen molar-refractivity contribution in [3.63, 3.8) is 0 Å². The first-order valence-electron chi connectivity index (χ1n) is 8.80. The summed E-state index contributed by atoms with van der Waals surface area (Å²) in [5.41, 5.74) is 4.43. The largest absolute Gasteiger partial charge is 0.378 e. The number of aromatic nitrogens is 1. The number of hydrogen-bond acceptors (Lipinski definition) is 5. The van der Waals surface area contributed by atoms with Gasteiger partial charge in [0, 0.05) is 43.0 Å². The van der Waals surface area contributed by atoms with E-state index in [-0.39, 0.29) is 0 Å².